The van der Waals surface area contributed by atoms with Gasteiger partial charge in [0.2, 0.25) is 17.7 Å². The predicted molar refractivity (Wildman–Crippen MR) is 158 cm³/mol. The third kappa shape index (κ3) is 8.42. The predicted octanol–water partition coefficient (Wildman–Crippen LogP) is 3.41. The zero-order valence-corrected chi connectivity index (χ0v) is 24.6. The second-order valence-corrected chi connectivity index (χ2v) is 11.1. The van der Waals surface area contributed by atoms with Crippen molar-refractivity contribution in [2.24, 2.45) is 0 Å². The lowest BCUT2D eigenvalue weighted by Gasteiger charge is -2.33. The molecule has 8 heteroatoms. The molecule has 0 saturated carbocycles. The summed E-state index contributed by atoms with van der Waals surface area (Å²) in [6, 6.07) is 15.3. The van der Waals surface area contributed by atoms with E-state index in [0.717, 1.165) is 28.9 Å². The number of likely N-dealkylation sites (N-methyl/N-ethyl adjacent to an activating group) is 1. The molecule has 3 atom stereocenters. The number of nitrogens with zero attached hydrogens (tertiary/aromatic N) is 1. The molecule has 0 spiro atoms. The Balaban J connectivity index is 1.93. The number of amides is 3. The fraction of sp³-hybridized carbons (Fsp3) is 0.469. The van der Waals surface area contributed by atoms with Crippen molar-refractivity contribution in [1.29, 1.82) is 0 Å². The van der Waals surface area contributed by atoms with Gasteiger partial charge in [0.25, 0.3) is 0 Å². The van der Waals surface area contributed by atoms with E-state index in [-0.39, 0.29) is 17.7 Å². The van der Waals surface area contributed by atoms with E-state index in [4.69, 9.17) is 4.74 Å². The van der Waals surface area contributed by atoms with Gasteiger partial charge in [-0.05, 0) is 64.7 Å². The van der Waals surface area contributed by atoms with Crippen molar-refractivity contribution >= 4 is 17.7 Å². The van der Waals surface area contributed by atoms with Crippen LogP contribution in [0.1, 0.15) is 52.2 Å². The van der Waals surface area contributed by atoms with E-state index in [1.165, 1.54) is 4.90 Å². The number of carbonyl (C=O) groups is 3. The first-order chi connectivity index (χ1) is 19.0. The van der Waals surface area contributed by atoms with Gasteiger partial charge in [-0.2, -0.15) is 0 Å². The maximum Gasteiger partial charge on any atom is 0.244 e. The van der Waals surface area contributed by atoms with Crippen molar-refractivity contribution in [2.75, 3.05) is 20.1 Å². The highest BCUT2D eigenvalue weighted by atomic mass is 16.5. The molecule has 8 nitrogen and oxygen atoms in total. The Bertz CT molecular complexity index is 1190. The molecule has 3 amide bonds. The number of nitrogens with one attached hydrogen (secondary N) is 3. The lowest BCUT2D eigenvalue weighted by Crippen LogP contribution is -2.57. The molecular formula is C32H44N4O4. The van der Waals surface area contributed by atoms with E-state index >= 15 is 0 Å². The number of carbonyl (C=O) groups excluding carboxylic acids is 3. The van der Waals surface area contributed by atoms with Crippen LogP contribution in [0.4, 0.5) is 0 Å². The highest BCUT2D eigenvalue weighted by Gasteiger charge is 2.33. The molecule has 0 aromatic heterocycles. The van der Waals surface area contributed by atoms with Gasteiger partial charge >= 0.3 is 0 Å². The van der Waals surface area contributed by atoms with Crippen molar-refractivity contribution in [3.8, 4) is 5.75 Å². The van der Waals surface area contributed by atoms with E-state index in [2.05, 4.69) is 16.0 Å². The van der Waals surface area contributed by atoms with Crippen molar-refractivity contribution in [2.45, 2.75) is 77.6 Å². The van der Waals surface area contributed by atoms with Crippen LogP contribution in [0.15, 0.2) is 66.2 Å². The summed E-state index contributed by atoms with van der Waals surface area (Å²) in [5, 5.41) is 9.28. The van der Waals surface area contributed by atoms with Gasteiger partial charge in [0, 0.05) is 26.6 Å². The number of hydrogen-bond donors (Lipinski definition) is 3. The van der Waals surface area contributed by atoms with Gasteiger partial charge in [-0.15, -0.1) is 0 Å². The minimum atomic E-state index is -0.789. The quantitative estimate of drug-likeness (QED) is 0.511. The molecule has 40 heavy (non-hydrogen) atoms. The number of allylic oxidation sites excluding steroid dienone is 1. The van der Waals surface area contributed by atoms with Crippen molar-refractivity contribution in [3.63, 3.8) is 0 Å². The Morgan fingerprint density at radius 2 is 1.73 bits per heavy atom. The Morgan fingerprint density at radius 1 is 1.05 bits per heavy atom. The summed E-state index contributed by atoms with van der Waals surface area (Å²) < 4.78 is 6.44. The van der Waals surface area contributed by atoms with Crippen LogP contribution in [0.5, 0.6) is 5.75 Å². The zero-order valence-electron chi connectivity index (χ0n) is 24.6. The van der Waals surface area contributed by atoms with E-state index in [0.29, 0.717) is 25.9 Å². The number of benzene rings is 2. The highest BCUT2D eigenvalue weighted by molar-refractivity contribution is 5.93. The Kier molecular flexibility index (Phi) is 10.9. The molecule has 3 rings (SSSR count). The van der Waals surface area contributed by atoms with Crippen LogP contribution in [0.25, 0.3) is 0 Å². The van der Waals surface area contributed by atoms with Crippen molar-refractivity contribution < 1.29 is 19.1 Å². The number of rotatable bonds is 3. The van der Waals surface area contributed by atoms with Crippen molar-refractivity contribution in [1.82, 2.24) is 20.9 Å². The van der Waals surface area contributed by atoms with Crippen LogP contribution in [-0.4, -0.2) is 66.5 Å². The summed E-state index contributed by atoms with van der Waals surface area (Å²) in [6.45, 7) is 10.3. The molecule has 0 radical (unpaired) electrons. The van der Waals surface area contributed by atoms with Gasteiger partial charge in [0.1, 0.15) is 29.5 Å². The van der Waals surface area contributed by atoms with Gasteiger partial charge in [-0.3, -0.25) is 19.7 Å². The Labute approximate surface area is 238 Å². The molecule has 3 N–H and O–H groups in total. The topological polar surface area (TPSA) is 99.8 Å². The summed E-state index contributed by atoms with van der Waals surface area (Å²) in [6.07, 6.45) is 3.67. The van der Waals surface area contributed by atoms with Crippen LogP contribution in [0, 0.1) is 0 Å². The van der Waals surface area contributed by atoms with E-state index in [1.807, 2.05) is 88.4 Å². The fourth-order valence-electron chi connectivity index (χ4n) is 4.64. The first-order valence-corrected chi connectivity index (χ1v) is 14.0. The standard InChI is InChI=1S/C32H44N4O4/c1-7-22(2)28-31(39)36(6)23(3)29(37)35-26(20-24-14-9-8-10-15-24)30(38)33-19-13-17-25-16-11-12-18-27(25)40-32(4,5)21-34-28/h7-12,14-16,18,23,26,28,34H,13,17,19-21H2,1-6H3,(H,33,38)(H,35,37)/b22-7-/t23-,26-,28+/m1/s1. The van der Waals surface area contributed by atoms with E-state index in [1.54, 1.807) is 14.0 Å². The average Bonchev–Trinajstić information content (AvgIpc) is 2.94. The lowest BCUT2D eigenvalue weighted by molar-refractivity contribution is -0.140. The summed E-state index contributed by atoms with van der Waals surface area (Å²) in [5.74, 6) is -0.0936. The molecule has 0 fully saturated rings. The summed E-state index contributed by atoms with van der Waals surface area (Å²) in [7, 11) is 1.62. The first-order valence-electron chi connectivity index (χ1n) is 14.0. The number of fused-ring (bicyclic) bond motifs is 1. The van der Waals surface area contributed by atoms with Crippen LogP contribution >= 0.6 is 0 Å². The van der Waals surface area contributed by atoms with Gasteiger partial charge in [-0.25, -0.2) is 0 Å². The van der Waals surface area contributed by atoms with Crippen LogP contribution in [0.3, 0.4) is 0 Å². The summed E-state index contributed by atoms with van der Waals surface area (Å²) in [4.78, 5) is 41.7. The number of ether oxygens (including phenoxy) is 1. The second kappa shape index (κ2) is 14.1. The maximum absolute atomic E-state index is 13.7. The van der Waals surface area contributed by atoms with E-state index < -0.39 is 23.7 Å². The third-order valence-corrected chi connectivity index (χ3v) is 7.39. The fourth-order valence-corrected chi connectivity index (χ4v) is 4.64. The lowest BCUT2D eigenvalue weighted by atomic mass is 10.0. The van der Waals surface area contributed by atoms with Crippen LogP contribution in [-0.2, 0) is 27.2 Å². The van der Waals surface area contributed by atoms with Crippen LogP contribution in [0.2, 0.25) is 0 Å². The molecule has 1 heterocycles. The maximum atomic E-state index is 13.7. The summed E-state index contributed by atoms with van der Waals surface area (Å²) in [5.41, 5.74) is 2.21. The largest absolute Gasteiger partial charge is 0.486 e. The van der Waals surface area contributed by atoms with Crippen molar-refractivity contribution in [3.05, 3.63) is 77.4 Å². The van der Waals surface area contributed by atoms with Gasteiger partial charge < -0.3 is 20.3 Å². The summed E-state index contributed by atoms with van der Waals surface area (Å²) >= 11 is 0. The molecule has 0 saturated heterocycles. The smallest absolute Gasteiger partial charge is 0.244 e. The molecule has 1 aliphatic heterocycles. The van der Waals surface area contributed by atoms with Gasteiger partial charge in [0.05, 0.1) is 0 Å². The average molecular weight is 549 g/mol. The molecule has 1 aliphatic rings. The molecule has 0 aliphatic carbocycles. The second-order valence-electron chi connectivity index (χ2n) is 11.1. The van der Waals surface area contributed by atoms with E-state index in [9.17, 15) is 14.4 Å². The molecule has 0 unspecified atom stereocenters. The molecule has 0 bridgehead atoms. The minimum absolute atomic E-state index is 0.236. The normalized spacial score (nSPS) is 23.6. The Hall–Kier alpha value is -3.65. The number of aryl methyl sites for hydroxylation is 1. The molecule has 2 aromatic rings. The number of para-hydroxylation sites is 1. The number of hydrogen-bond acceptors (Lipinski definition) is 5. The molecule has 2 aromatic carbocycles. The first kappa shape index (κ1) is 30.9. The van der Waals surface area contributed by atoms with Gasteiger partial charge in [0.15, 0.2) is 0 Å². The SMILES string of the molecule is C/C=C(/C)[C@@H]1NCC(C)(C)Oc2ccccc2CCCNC(=O)[C@@H](Cc2ccccc2)NC(=O)[C@@H](C)N(C)C1=O. The minimum Gasteiger partial charge on any atom is -0.486 e. The third-order valence-electron chi connectivity index (χ3n) is 7.39. The van der Waals surface area contributed by atoms with Crippen LogP contribution < -0.4 is 20.7 Å². The Morgan fingerprint density at radius 3 is 2.42 bits per heavy atom. The zero-order chi connectivity index (χ0) is 29.3. The molecule has 216 valence electrons. The highest BCUT2D eigenvalue weighted by Crippen LogP contribution is 2.24. The molecular weight excluding hydrogens is 504 g/mol. The van der Waals surface area contributed by atoms with Gasteiger partial charge in [-0.1, -0.05) is 60.2 Å². The monoisotopic (exact) mass is 548 g/mol.